The smallest absolute Gasteiger partial charge is 0.295 e. The average molecular weight is 466 g/mol. The number of halogens is 1. The second-order valence-electron chi connectivity index (χ2n) is 7.83. The molecule has 1 aromatic heterocycles. The fourth-order valence-electron chi connectivity index (χ4n) is 4.27. The van der Waals surface area contributed by atoms with Gasteiger partial charge in [0.1, 0.15) is 11.5 Å². The molecule has 1 amide bonds. The Morgan fingerprint density at radius 3 is 2.72 bits per heavy atom. The van der Waals surface area contributed by atoms with Crippen molar-refractivity contribution in [2.75, 3.05) is 6.61 Å². The number of amides is 1. The standard InChI is InChI=1S/C25H20ClNO4S/c26-18-8-5-15(6-9-18)22-21(24(29)25(30)27(22)14-19-4-2-12-32-19)23(28)17-7-10-20-16(13-17)3-1-11-31-20/h2,4-10,12-13,22,28H,1,3,11,14H2/b23-21-. The third kappa shape index (κ3) is 3.70. The fraction of sp³-hybridized carbons (Fsp3) is 0.200. The number of likely N-dealkylation sites (tertiary alicyclic amines) is 1. The number of ketones is 1. The van der Waals surface area contributed by atoms with Crippen LogP contribution < -0.4 is 4.74 Å². The first-order chi connectivity index (χ1) is 15.5. The largest absolute Gasteiger partial charge is 0.507 e. The van der Waals surface area contributed by atoms with Gasteiger partial charge in [0, 0.05) is 15.5 Å². The molecule has 3 heterocycles. The van der Waals surface area contributed by atoms with Crippen molar-refractivity contribution >= 4 is 40.4 Å². The van der Waals surface area contributed by atoms with Crippen LogP contribution in [0.5, 0.6) is 5.75 Å². The number of benzene rings is 2. The summed E-state index contributed by atoms with van der Waals surface area (Å²) in [5.41, 5.74) is 2.29. The minimum absolute atomic E-state index is 0.0885. The number of nitrogens with zero attached hydrogens (tertiary/aromatic N) is 1. The van der Waals surface area contributed by atoms with E-state index in [1.54, 1.807) is 30.3 Å². The van der Waals surface area contributed by atoms with Crippen molar-refractivity contribution in [3.8, 4) is 5.75 Å². The molecule has 0 bridgehead atoms. The van der Waals surface area contributed by atoms with Gasteiger partial charge in [0.25, 0.3) is 11.7 Å². The normalized spacial score (nSPS) is 19.7. The summed E-state index contributed by atoms with van der Waals surface area (Å²) in [6, 6.07) is 15.5. The zero-order valence-electron chi connectivity index (χ0n) is 17.1. The Morgan fingerprint density at radius 1 is 1.16 bits per heavy atom. The van der Waals surface area contributed by atoms with Gasteiger partial charge in [-0.25, -0.2) is 0 Å². The van der Waals surface area contributed by atoms with E-state index in [0.717, 1.165) is 29.0 Å². The van der Waals surface area contributed by atoms with Crippen LogP contribution in [0, 0.1) is 0 Å². The molecule has 5 rings (SSSR count). The lowest BCUT2D eigenvalue weighted by Gasteiger charge is -2.25. The first-order valence-electron chi connectivity index (χ1n) is 10.4. The Labute approximate surface area is 194 Å². The zero-order chi connectivity index (χ0) is 22.2. The molecule has 2 aromatic carbocycles. The number of Topliss-reactive ketones (excluding diaryl/α,β-unsaturated/α-hetero) is 1. The van der Waals surface area contributed by atoms with Crippen LogP contribution in [0.2, 0.25) is 5.02 Å². The Morgan fingerprint density at radius 2 is 1.97 bits per heavy atom. The average Bonchev–Trinajstić information content (AvgIpc) is 3.41. The van der Waals surface area contributed by atoms with Crippen molar-refractivity contribution in [3.05, 3.63) is 92.1 Å². The number of fused-ring (bicyclic) bond motifs is 1. The number of rotatable bonds is 4. The highest BCUT2D eigenvalue weighted by Crippen LogP contribution is 2.41. The quantitative estimate of drug-likeness (QED) is 0.320. The Balaban J connectivity index is 1.63. The van der Waals surface area contributed by atoms with Crippen molar-refractivity contribution in [1.29, 1.82) is 0 Å². The molecular formula is C25H20ClNO4S. The van der Waals surface area contributed by atoms with Crippen LogP contribution in [-0.4, -0.2) is 28.3 Å². The van der Waals surface area contributed by atoms with E-state index in [0.29, 0.717) is 22.8 Å². The number of aliphatic hydroxyl groups is 1. The molecule has 1 unspecified atom stereocenters. The van der Waals surface area contributed by atoms with Crippen LogP contribution in [0.3, 0.4) is 0 Å². The molecule has 7 heteroatoms. The summed E-state index contributed by atoms with van der Waals surface area (Å²) in [6.45, 7) is 0.951. The monoisotopic (exact) mass is 465 g/mol. The van der Waals surface area contributed by atoms with Gasteiger partial charge in [0.2, 0.25) is 0 Å². The Hall–Kier alpha value is -3.09. The number of thiophene rings is 1. The zero-order valence-corrected chi connectivity index (χ0v) is 18.7. The molecule has 2 aliphatic rings. The molecule has 3 aromatic rings. The van der Waals surface area contributed by atoms with Crippen LogP contribution >= 0.6 is 22.9 Å². The summed E-state index contributed by atoms with van der Waals surface area (Å²) in [4.78, 5) is 28.7. The molecule has 0 radical (unpaired) electrons. The van der Waals surface area contributed by atoms with Gasteiger partial charge in [-0.2, -0.15) is 0 Å². The lowest BCUT2D eigenvalue weighted by molar-refractivity contribution is -0.140. The predicted molar refractivity (Wildman–Crippen MR) is 124 cm³/mol. The van der Waals surface area contributed by atoms with E-state index >= 15 is 0 Å². The third-order valence-electron chi connectivity index (χ3n) is 5.81. The maximum absolute atomic E-state index is 13.1. The van der Waals surface area contributed by atoms with E-state index in [-0.39, 0.29) is 17.9 Å². The van der Waals surface area contributed by atoms with Crippen molar-refractivity contribution in [2.24, 2.45) is 0 Å². The number of carbonyl (C=O) groups is 2. The van der Waals surface area contributed by atoms with Gasteiger partial charge in [-0.05, 0) is 65.7 Å². The Kier molecular flexibility index (Phi) is 5.49. The lowest BCUT2D eigenvalue weighted by Crippen LogP contribution is -2.28. The number of aryl methyl sites for hydroxylation is 1. The highest BCUT2D eigenvalue weighted by Gasteiger charge is 2.46. The van der Waals surface area contributed by atoms with E-state index < -0.39 is 17.7 Å². The van der Waals surface area contributed by atoms with Crippen LogP contribution in [-0.2, 0) is 22.6 Å². The van der Waals surface area contributed by atoms with E-state index in [9.17, 15) is 14.7 Å². The number of hydrogen-bond donors (Lipinski definition) is 1. The van der Waals surface area contributed by atoms with Gasteiger partial charge >= 0.3 is 0 Å². The molecule has 0 spiro atoms. The molecule has 0 aliphatic carbocycles. The molecule has 0 saturated carbocycles. The van der Waals surface area contributed by atoms with Crippen LogP contribution in [0.4, 0.5) is 0 Å². The van der Waals surface area contributed by atoms with Gasteiger partial charge < -0.3 is 14.7 Å². The van der Waals surface area contributed by atoms with Gasteiger partial charge in [-0.15, -0.1) is 11.3 Å². The second kappa shape index (κ2) is 8.45. The van der Waals surface area contributed by atoms with E-state index in [1.165, 1.54) is 16.2 Å². The van der Waals surface area contributed by atoms with Crippen molar-refractivity contribution in [2.45, 2.75) is 25.4 Å². The highest BCUT2D eigenvalue weighted by molar-refractivity contribution is 7.09. The lowest BCUT2D eigenvalue weighted by atomic mass is 9.94. The van der Waals surface area contributed by atoms with Crippen LogP contribution in [0.15, 0.2) is 65.6 Å². The molecule has 1 atom stereocenters. The highest BCUT2D eigenvalue weighted by atomic mass is 35.5. The third-order valence-corrected chi connectivity index (χ3v) is 6.93. The molecule has 1 N–H and O–H groups in total. The van der Waals surface area contributed by atoms with E-state index in [1.807, 2.05) is 29.6 Å². The molecule has 32 heavy (non-hydrogen) atoms. The number of hydrogen-bond acceptors (Lipinski definition) is 5. The summed E-state index contributed by atoms with van der Waals surface area (Å²) in [7, 11) is 0. The molecule has 162 valence electrons. The first-order valence-corrected chi connectivity index (χ1v) is 11.6. The van der Waals surface area contributed by atoms with Gasteiger partial charge in [-0.3, -0.25) is 9.59 Å². The number of carbonyl (C=O) groups excluding carboxylic acids is 2. The molecule has 1 fully saturated rings. The van der Waals surface area contributed by atoms with E-state index in [4.69, 9.17) is 16.3 Å². The topological polar surface area (TPSA) is 66.8 Å². The minimum atomic E-state index is -0.707. The molecular weight excluding hydrogens is 446 g/mol. The number of ether oxygens (including phenoxy) is 1. The van der Waals surface area contributed by atoms with Crippen molar-refractivity contribution in [3.63, 3.8) is 0 Å². The number of aliphatic hydroxyl groups excluding tert-OH is 1. The first kappa shape index (κ1) is 20.8. The fourth-order valence-corrected chi connectivity index (χ4v) is 5.10. The summed E-state index contributed by atoms with van der Waals surface area (Å²) in [5, 5.41) is 13.7. The maximum atomic E-state index is 13.1. The predicted octanol–water partition coefficient (Wildman–Crippen LogP) is 5.35. The summed E-state index contributed by atoms with van der Waals surface area (Å²) < 4.78 is 5.66. The van der Waals surface area contributed by atoms with E-state index in [2.05, 4.69) is 0 Å². The van der Waals surface area contributed by atoms with Gasteiger partial charge in [0.05, 0.1) is 24.8 Å². The summed E-state index contributed by atoms with van der Waals surface area (Å²) in [5.74, 6) is -0.695. The molecule has 5 nitrogen and oxygen atoms in total. The summed E-state index contributed by atoms with van der Waals surface area (Å²) in [6.07, 6.45) is 1.73. The maximum Gasteiger partial charge on any atom is 0.295 e. The SMILES string of the molecule is O=C1C(=O)N(Cc2cccs2)C(c2ccc(Cl)cc2)/C1=C(/O)c1ccc2c(c1)CCCO2. The van der Waals surface area contributed by atoms with Crippen LogP contribution in [0.1, 0.15) is 34.0 Å². The summed E-state index contributed by atoms with van der Waals surface area (Å²) >= 11 is 7.59. The molecule has 1 saturated heterocycles. The van der Waals surface area contributed by atoms with Gasteiger partial charge in [0.15, 0.2) is 0 Å². The minimum Gasteiger partial charge on any atom is -0.507 e. The van der Waals surface area contributed by atoms with Crippen molar-refractivity contribution < 1.29 is 19.4 Å². The second-order valence-corrected chi connectivity index (χ2v) is 9.30. The molecule has 2 aliphatic heterocycles. The van der Waals surface area contributed by atoms with Crippen molar-refractivity contribution in [1.82, 2.24) is 4.90 Å². The Bertz CT molecular complexity index is 1220. The van der Waals surface area contributed by atoms with Crippen LogP contribution in [0.25, 0.3) is 5.76 Å². The van der Waals surface area contributed by atoms with Gasteiger partial charge in [-0.1, -0.05) is 29.8 Å².